The van der Waals surface area contributed by atoms with Gasteiger partial charge in [-0.15, -0.1) is 5.10 Å². The molecule has 0 spiro atoms. The van der Waals surface area contributed by atoms with Gasteiger partial charge in [-0.25, -0.2) is 4.68 Å². The molecule has 0 fully saturated rings. The minimum Gasteiger partial charge on any atom is -0.321 e. The van der Waals surface area contributed by atoms with E-state index in [0.29, 0.717) is 22.9 Å². The van der Waals surface area contributed by atoms with Gasteiger partial charge < -0.3 is 5.32 Å². The van der Waals surface area contributed by atoms with Crippen molar-refractivity contribution < 1.29 is 4.79 Å². The minimum absolute atomic E-state index is 0.275. The van der Waals surface area contributed by atoms with Crippen molar-refractivity contribution in [2.75, 3.05) is 5.32 Å². The van der Waals surface area contributed by atoms with Crippen molar-refractivity contribution in [1.29, 1.82) is 0 Å². The highest BCUT2D eigenvalue weighted by Gasteiger charge is 2.21. The second-order valence-electron chi connectivity index (χ2n) is 6.26. The van der Waals surface area contributed by atoms with E-state index in [1.54, 1.807) is 28.9 Å². The highest BCUT2D eigenvalue weighted by Crippen LogP contribution is 2.24. The molecule has 1 aromatic heterocycles. The summed E-state index contributed by atoms with van der Waals surface area (Å²) < 4.78 is 1.75. The predicted octanol–water partition coefficient (Wildman–Crippen LogP) is 4.90. The summed E-state index contributed by atoms with van der Waals surface area (Å²) in [5.41, 5.74) is 3.55. The van der Waals surface area contributed by atoms with Crippen molar-refractivity contribution in [2.45, 2.75) is 6.54 Å². The topological polar surface area (TPSA) is 59.8 Å². The molecule has 0 radical (unpaired) electrons. The Labute approximate surface area is 167 Å². The molecular formula is C22H17ClN4O. The van der Waals surface area contributed by atoms with Crippen molar-refractivity contribution in [3.63, 3.8) is 0 Å². The highest BCUT2D eigenvalue weighted by atomic mass is 35.5. The molecule has 0 aliphatic carbocycles. The third-order valence-corrected chi connectivity index (χ3v) is 4.53. The Morgan fingerprint density at radius 1 is 0.893 bits per heavy atom. The number of halogens is 1. The van der Waals surface area contributed by atoms with Crippen molar-refractivity contribution >= 4 is 23.2 Å². The fourth-order valence-corrected chi connectivity index (χ4v) is 3.06. The van der Waals surface area contributed by atoms with Crippen LogP contribution in [0, 0.1) is 0 Å². The molecule has 0 atom stereocenters. The van der Waals surface area contributed by atoms with E-state index in [-0.39, 0.29) is 11.6 Å². The number of aromatic nitrogens is 3. The number of hydrogen-bond donors (Lipinski definition) is 1. The fraction of sp³-hybridized carbons (Fsp3) is 0.0455. The lowest BCUT2D eigenvalue weighted by Gasteiger charge is -2.09. The second kappa shape index (κ2) is 8.06. The predicted molar refractivity (Wildman–Crippen MR) is 110 cm³/mol. The van der Waals surface area contributed by atoms with Gasteiger partial charge in [-0.05, 0) is 29.8 Å². The zero-order valence-corrected chi connectivity index (χ0v) is 15.7. The van der Waals surface area contributed by atoms with Gasteiger partial charge in [0.15, 0.2) is 5.69 Å². The van der Waals surface area contributed by atoms with E-state index >= 15 is 0 Å². The molecule has 28 heavy (non-hydrogen) atoms. The van der Waals surface area contributed by atoms with Crippen LogP contribution < -0.4 is 5.32 Å². The maximum Gasteiger partial charge on any atom is 0.278 e. The average Bonchev–Trinajstić information content (AvgIpc) is 3.15. The number of rotatable bonds is 5. The SMILES string of the molecule is O=C(Nc1ccc(Cl)cc1)c1nnn(Cc2ccccc2)c1-c1ccccc1. The van der Waals surface area contributed by atoms with Crippen LogP contribution in [0.15, 0.2) is 84.9 Å². The smallest absolute Gasteiger partial charge is 0.278 e. The lowest BCUT2D eigenvalue weighted by atomic mass is 10.1. The van der Waals surface area contributed by atoms with Crippen LogP contribution in [0.3, 0.4) is 0 Å². The van der Waals surface area contributed by atoms with Gasteiger partial charge in [0.25, 0.3) is 5.91 Å². The van der Waals surface area contributed by atoms with Crippen LogP contribution >= 0.6 is 11.6 Å². The molecule has 138 valence electrons. The van der Waals surface area contributed by atoms with Gasteiger partial charge in [-0.1, -0.05) is 77.5 Å². The van der Waals surface area contributed by atoms with E-state index in [9.17, 15) is 4.79 Å². The third kappa shape index (κ3) is 3.94. The zero-order valence-electron chi connectivity index (χ0n) is 14.9. The van der Waals surface area contributed by atoms with E-state index in [1.807, 2.05) is 60.7 Å². The van der Waals surface area contributed by atoms with Gasteiger partial charge in [0.2, 0.25) is 0 Å². The Bertz CT molecular complexity index is 1080. The molecule has 0 saturated heterocycles. The number of hydrogen-bond acceptors (Lipinski definition) is 3. The minimum atomic E-state index is -0.319. The standard InChI is InChI=1S/C22H17ClN4O/c23-18-11-13-19(14-12-18)24-22(28)20-21(17-9-5-2-6-10-17)27(26-25-20)15-16-7-3-1-4-8-16/h1-14H,15H2,(H,24,28). The molecule has 3 aromatic carbocycles. The van der Waals surface area contributed by atoms with Crippen LogP contribution in [-0.2, 0) is 6.54 Å². The molecule has 0 saturated carbocycles. The van der Waals surface area contributed by atoms with E-state index < -0.39 is 0 Å². The molecule has 0 unspecified atom stereocenters. The Hall–Kier alpha value is -3.44. The summed E-state index contributed by atoms with van der Waals surface area (Å²) in [5, 5.41) is 11.9. The molecule has 5 nitrogen and oxygen atoms in total. The summed E-state index contributed by atoms with van der Waals surface area (Å²) in [5.74, 6) is -0.319. The van der Waals surface area contributed by atoms with Crippen molar-refractivity contribution in [3.05, 3.63) is 101 Å². The van der Waals surface area contributed by atoms with Gasteiger partial charge in [-0.3, -0.25) is 4.79 Å². The molecule has 4 rings (SSSR count). The first-order valence-corrected chi connectivity index (χ1v) is 9.18. The lowest BCUT2D eigenvalue weighted by molar-refractivity contribution is 0.102. The molecule has 4 aromatic rings. The Morgan fingerprint density at radius 3 is 2.21 bits per heavy atom. The van der Waals surface area contributed by atoms with E-state index in [4.69, 9.17) is 11.6 Å². The van der Waals surface area contributed by atoms with Gasteiger partial charge in [-0.2, -0.15) is 0 Å². The molecule has 0 aliphatic heterocycles. The molecule has 1 amide bonds. The normalized spacial score (nSPS) is 10.6. The Morgan fingerprint density at radius 2 is 1.54 bits per heavy atom. The van der Waals surface area contributed by atoms with Crippen molar-refractivity contribution in [2.24, 2.45) is 0 Å². The number of nitrogens with zero attached hydrogens (tertiary/aromatic N) is 3. The Balaban J connectivity index is 1.70. The molecule has 1 N–H and O–H groups in total. The summed E-state index contributed by atoms with van der Waals surface area (Å²) in [7, 11) is 0. The summed E-state index contributed by atoms with van der Waals surface area (Å²) >= 11 is 5.91. The van der Waals surface area contributed by atoms with Crippen LogP contribution in [-0.4, -0.2) is 20.9 Å². The monoisotopic (exact) mass is 388 g/mol. The first-order chi connectivity index (χ1) is 13.7. The number of anilines is 1. The van der Waals surface area contributed by atoms with Gasteiger partial charge >= 0.3 is 0 Å². The van der Waals surface area contributed by atoms with Crippen LogP contribution in [0.25, 0.3) is 11.3 Å². The van der Waals surface area contributed by atoms with Crippen LogP contribution in [0.4, 0.5) is 5.69 Å². The van der Waals surface area contributed by atoms with Gasteiger partial charge in [0, 0.05) is 16.3 Å². The average molecular weight is 389 g/mol. The van der Waals surface area contributed by atoms with Gasteiger partial charge in [0.05, 0.1) is 6.54 Å². The number of benzene rings is 3. The number of carbonyl (C=O) groups is 1. The fourth-order valence-electron chi connectivity index (χ4n) is 2.94. The van der Waals surface area contributed by atoms with Crippen molar-refractivity contribution in [1.82, 2.24) is 15.0 Å². The van der Waals surface area contributed by atoms with E-state index in [2.05, 4.69) is 15.6 Å². The third-order valence-electron chi connectivity index (χ3n) is 4.27. The summed E-state index contributed by atoms with van der Waals surface area (Å²) in [4.78, 5) is 12.9. The molecule has 0 bridgehead atoms. The first-order valence-electron chi connectivity index (χ1n) is 8.80. The molecule has 1 heterocycles. The van der Waals surface area contributed by atoms with E-state index in [0.717, 1.165) is 11.1 Å². The molecule has 6 heteroatoms. The maximum atomic E-state index is 12.9. The summed E-state index contributed by atoms with van der Waals surface area (Å²) in [6.07, 6.45) is 0. The van der Waals surface area contributed by atoms with Gasteiger partial charge in [0.1, 0.15) is 5.69 Å². The number of amides is 1. The summed E-state index contributed by atoms with van der Waals surface area (Å²) in [6.45, 7) is 0.520. The summed E-state index contributed by atoms with van der Waals surface area (Å²) in [6, 6.07) is 26.6. The molecule has 0 aliphatic rings. The Kier molecular flexibility index (Phi) is 5.17. The van der Waals surface area contributed by atoms with E-state index in [1.165, 1.54) is 0 Å². The van der Waals surface area contributed by atoms with Crippen LogP contribution in [0.2, 0.25) is 5.02 Å². The lowest BCUT2D eigenvalue weighted by Crippen LogP contribution is -2.14. The van der Waals surface area contributed by atoms with Crippen LogP contribution in [0.5, 0.6) is 0 Å². The zero-order chi connectivity index (χ0) is 19.3. The second-order valence-corrected chi connectivity index (χ2v) is 6.69. The quantitative estimate of drug-likeness (QED) is 0.529. The van der Waals surface area contributed by atoms with Crippen LogP contribution in [0.1, 0.15) is 16.1 Å². The van der Waals surface area contributed by atoms with Crippen molar-refractivity contribution in [3.8, 4) is 11.3 Å². The highest BCUT2D eigenvalue weighted by molar-refractivity contribution is 6.30. The maximum absolute atomic E-state index is 12.9. The number of carbonyl (C=O) groups excluding carboxylic acids is 1. The largest absolute Gasteiger partial charge is 0.321 e. The first kappa shape index (κ1) is 17.9. The molecular weight excluding hydrogens is 372 g/mol. The number of nitrogens with one attached hydrogen (secondary N) is 1.